The number of aryl methyl sites for hydroxylation is 1. The van der Waals surface area contributed by atoms with E-state index in [0.717, 1.165) is 17.1 Å². The second kappa shape index (κ2) is 7.31. The fourth-order valence-corrected chi connectivity index (χ4v) is 2.38. The van der Waals surface area contributed by atoms with Gasteiger partial charge in [-0.1, -0.05) is 29.8 Å². The Bertz CT molecular complexity index is 713. The van der Waals surface area contributed by atoms with Crippen molar-refractivity contribution >= 4 is 6.09 Å². The van der Waals surface area contributed by atoms with Gasteiger partial charge in [0.2, 0.25) is 0 Å². The van der Waals surface area contributed by atoms with Crippen molar-refractivity contribution in [3.8, 4) is 11.3 Å². The number of carbonyl (C=O) groups is 1. The highest BCUT2D eigenvalue weighted by Crippen LogP contribution is 2.29. The third kappa shape index (κ3) is 5.10. The third-order valence-corrected chi connectivity index (χ3v) is 4.01. The first-order valence-electron chi connectivity index (χ1n) is 8.47. The molecule has 0 aliphatic rings. The number of alkyl carbamates (subject to hydrolysis) is 1. The van der Waals surface area contributed by atoms with Gasteiger partial charge in [-0.25, -0.2) is 4.79 Å². The number of nitrogens with two attached hydrogens (primary N) is 1. The maximum Gasteiger partial charge on any atom is 0.407 e. The molecule has 0 saturated heterocycles. The Hall–Kier alpha value is -2.27. The topological polar surface area (TPSA) is 77.5 Å². The van der Waals surface area contributed by atoms with E-state index in [-0.39, 0.29) is 0 Å². The van der Waals surface area contributed by atoms with Gasteiger partial charge in [0.25, 0.3) is 0 Å². The van der Waals surface area contributed by atoms with Gasteiger partial charge in [-0.15, -0.1) is 0 Å². The fraction of sp³-hybridized carbons (Fsp3) is 0.450. The van der Waals surface area contributed by atoms with Crippen molar-refractivity contribution in [2.45, 2.75) is 45.6 Å². The smallest absolute Gasteiger partial charge is 0.407 e. The van der Waals surface area contributed by atoms with E-state index in [1.807, 2.05) is 71.0 Å². The van der Waals surface area contributed by atoms with Gasteiger partial charge in [-0.05, 0) is 46.8 Å². The predicted molar refractivity (Wildman–Crippen MR) is 99.5 cm³/mol. The number of benzene rings is 1. The van der Waals surface area contributed by atoms with Crippen LogP contribution in [0.5, 0.6) is 0 Å². The number of hydrogen-bond donors (Lipinski definition) is 2. The lowest BCUT2D eigenvalue weighted by Gasteiger charge is -2.27. The van der Waals surface area contributed by atoms with Crippen molar-refractivity contribution in [2.24, 2.45) is 5.73 Å². The lowest BCUT2D eigenvalue weighted by Crippen LogP contribution is -2.45. The molecule has 1 aromatic carbocycles. The van der Waals surface area contributed by atoms with Crippen LogP contribution in [0.2, 0.25) is 0 Å². The van der Waals surface area contributed by atoms with E-state index >= 15 is 0 Å². The molecule has 0 spiro atoms. The Labute approximate surface area is 149 Å². The van der Waals surface area contributed by atoms with E-state index in [2.05, 4.69) is 5.32 Å². The summed E-state index contributed by atoms with van der Waals surface area (Å²) in [4.78, 5) is 11.9. The quantitative estimate of drug-likeness (QED) is 0.859. The SMILES string of the molecule is Cc1ccc(-c2ccc(C(C)(CN)CNC(=O)OC(C)(C)C)o2)cc1. The maximum atomic E-state index is 11.9. The van der Waals surface area contributed by atoms with Crippen LogP contribution in [-0.2, 0) is 10.2 Å². The summed E-state index contributed by atoms with van der Waals surface area (Å²) in [6.07, 6.45) is -0.461. The first-order chi connectivity index (χ1) is 11.6. The molecule has 5 heteroatoms. The van der Waals surface area contributed by atoms with Crippen LogP contribution in [0.4, 0.5) is 4.79 Å². The monoisotopic (exact) mass is 344 g/mol. The van der Waals surface area contributed by atoms with Crippen molar-refractivity contribution in [2.75, 3.05) is 13.1 Å². The second-order valence-electron chi connectivity index (χ2n) is 7.65. The molecule has 0 aliphatic carbocycles. The minimum atomic E-state index is -0.535. The molecule has 2 rings (SSSR count). The van der Waals surface area contributed by atoms with Gasteiger partial charge in [-0.2, -0.15) is 0 Å². The van der Waals surface area contributed by atoms with Crippen molar-refractivity contribution in [3.63, 3.8) is 0 Å². The van der Waals surface area contributed by atoms with Crippen molar-refractivity contribution in [1.29, 1.82) is 0 Å². The molecule has 25 heavy (non-hydrogen) atoms. The molecule has 136 valence electrons. The molecule has 2 aromatic rings. The van der Waals surface area contributed by atoms with Crippen LogP contribution in [0.3, 0.4) is 0 Å². The molecule has 3 N–H and O–H groups in total. The zero-order chi connectivity index (χ0) is 18.7. The summed E-state index contributed by atoms with van der Waals surface area (Å²) >= 11 is 0. The van der Waals surface area contributed by atoms with Crippen molar-refractivity contribution in [1.82, 2.24) is 5.32 Å². The average Bonchev–Trinajstić information content (AvgIpc) is 3.02. The zero-order valence-electron chi connectivity index (χ0n) is 15.7. The summed E-state index contributed by atoms with van der Waals surface area (Å²) in [7, 11) is 0. The molecule has 5 nitrogen and oxygen atoms in total. The molecule has 1 unspecified atom stereocenters. The minimum absolute atomic E-state index is 0.333. The molecular formula is C20H28N2O3. The van der Waals surface area contributed by atoms with E-state index < -0.39 is 17.1 Å². The minimum Gasteiger partial charge on any atom is -0.460 e. The van der Waals surface area contributed by atoms with E-state index in [1.165, 1.54) is 5.56 Å². The van der Waals surface area contributed by atoms with Crippen molar-refractivity contribution in [3.05, 3.63) is 47.7 Å². The highest BCUT2D eigenvalue weighted by molar-refractivity contribution is 5.68. The summed E-state index contributed by atoms with van der Waals surface area (Å²) in [5.74, 6) is 1.52. The van der Waals surface area contributed by atoms with Gasteiger partial charge in [0.1, 0.15) is 17.1 Å². The Kier molecular flexibility index (Phi) is 5.58. The number of carbonyl (C=O) groups excluding carboxylic acids is 1. The summed E-state index contributed by atoms with van der Waals surface area (Å²) in [5.41, 5.74) is 7.13. The molecule has 0 fully saturated rings. The highest BCUT2D eigenvalue weighted by Gasteiger charge is 2.30. The van der Waals surface area contributed by atoms with Crippen LogP contribution >= 0.6 is 0 Å². The second-order valence-corrected chi connectivity index (χ2v) is 7.65. The Morgan fingerprint density at radius 2 is 1.76 bits per heavy atom. The van der Waals surface area contributed by atoms with Gasteiger partial charge in [0.15, 0.2) is 0 Å². The van der Waals surface area contributed by atoms with Crippen LogP contribution in [0.25, 0.3) is 11.3 Å². The first kappa shape index (κ1) is 19.1. The molecule has 1 aromatic heterocycles. The lowest BCUT2D eigenvalue weighted by molar-refractivity contribution is 0.0514. The van der Waals surface area contributed by atoms with Gasteiger partial charge >= 0.3 is 6.09 Å². The summed E-state index contributed by atoms with van der Waals surface area (Å²) in [5, 5.41) is 2.78. The van der Waals surface area contributed by atoms with Crippen molar-refractivity contribution < 1.29 is 13.9 Å². The summed E-state index contributed by atoms with van der Waals surface area (Å²) in [6, 6.07) is 12.0. The van der Waals surface area contributed by atoms with Crippen LogP contribution in [-0.4, -0.2) is 24.8 Å². The molecule has 0 saturated carbocycles. The van der Waals surface area contributed by atoms with Crippen LogP contribution < -0.4 is 11.1 Å². The average molecular weight is 344 g/mol. The number of furan rings is 1. The lowest BCUT2D eigenvalue weighted by atomic mass is 9.88. The molecular weight excluding hydrogens is 316 g/mol. The number of amides is 1. The first-order valence-corrected chi connectivity index (χ1v) is 8.47. The molecule has 0 bridgehead atoms. The molecule has 1 atom stereocenters. The fourth-order valence-electron chi connectivity index (χ4n) is 2.38. The molecule has 0 radical (unpaired) electrons. The maximum absolute atomic E-state index is 11.9. The number of hydrogen-bond acceptors (Lipinski definition) is 4. The Balaban J connectivity index is 2.11. The largest absolute Gasteiger partial charge is 0.460 e. The van der Waals surface area contributed by atoms with Crippen LogP contribution in [0.1, 0.15) is 39.0 Å². The third-order valence-electron chi connectivity index (χ3n) is 4.01. The van der Waals surface area contributed by atoms with Gasteiger partial charge in [-0.3, -0.25) is 0 Å². The van der Waals surface area contributed by atoms with E-state index in [4.69, 9.17) is 14.9 Å². The summed E-state index contributed by atoms with van der Waals surface area (Å²) < 4.78 is 11.3. The molecule has 1 heterocycles. The van der Waals surface area contributed by atoms with Crippen LogP contribution in [0, 0.1) is 6.92 Å². The normalized spacial score (nSPS) is 14.0. The van der Waals surface area contributed by atoms with Gasteiger partial charge in [0.05, 0.1) is 5.41 Å². The summed E-state index contributed by atoms with van der Waals surface area (Å²) in [6.45, 7) is 10.2. The molecule has 1 amide bonds. The predicted octanol–water partition coefficient (Wildman–Crippen LogP) is 4.00. The molecule has 0 aliphatic heterocycles. The Morgan fingerprint density at radius 3 is 2.32 bits per heavy atom. The van der Waals surface area contributed by atoms with Crippen LogP contribution in [0.15, 0.2) is 40.8 Å². The highest BCUT2D eigenvalue weighted by atomic mass is 16.6. The van der Waals surface area contributed by atoms with E-state index in [0.29, 0.717) is 13.1 Å². The number of rotatable bonds is 5. The Morgan fingerprint density at radius 1 is 1.12 bits per heavy atom. The van der Waals surface area contributed by atoms with E-state index in [1.54, 1.807) is 0 Å². The number of ether oxygens (including phenoxy) is 1. The standard InChI is InChI=1S/C20H28N2O3/c1-14-6-8-15(9-7-14)16-10-11-17(24-16)20(5,12-21)13-22-18(23)25-19(2,3)4/h6-11H,12-13,21H2,1-5H3,(H,22,23). The van der Waals surface area contributed by atoms with Gasteiger partial charge < -0.3 is 20.2 Å². The number of nitrogens with one attached hydrogen (secondary N) is 1. The van der Waals surface area contributed by atoms with E-state index in [9.17, 15) is 4.79 Å². The zero-order valence-corrected chi connectivity index (χ0v) is 15.7. The van der Waals surface area contributed by atoms with Gasteiger partial charge in [0, 0.05) is 18.7 Å².